The summed E-state index contributed by atoms with van der Waals surface area (Å²) in [6, 6.07) is 15.1. The van der Waals surface area contributed by atoms with Crippen LogP contribution in [0.1, 0.15) is 19.4 Å². The molecule has 2 aromatic rings. The first kappa shape index (κ1) is 13.1. The Morgan fingerprint density at radius 1 is 1.06 bits per heavy atom. The van der Waals surface area contributed by atoms with E-state index in [-0.39, 0.29) is 5.41 Å². The number of nitrogens with two attached hydrogens (primary N) is 1. The first-order valence-electron chi connectivity index (χ1n) is 6.54. The van der Waals surface area contributed by atoms with Crippen molar-refractivity contribution in [3.05, 3.63) is 48.0 Å². The summed E-state index contributed by atoms with van der Waals surface area (Å²) in [4.78, 5) is 0. The number of hydrogen-bond donors (Lipinski definition) is 2. The summed E-state index contributed by atoms with van der Waals surface area (Å²) >= 11 is 0. The second-order valence-corrected chi connectivity index (χ2v) is 5.38. The molecule has 0 spiro atoms. The minimum absolute atomic E-state index is 0.107. The Kier molecular flexibility index (Phi) is 4.00. The van der Waals surface area contributed by atoms with Crippen molar-refractivity contribution >= 4 is 10.8 Å². The van der Waals surface area contributed by atoms with Gasteiger partial charge in [-0.2, -0.15) is 0 Å². The van der Waals surface area contributed by atoms with Gasteiger partial charge in [-0.15, -0.1) is 0 Å². The molecule has 0 saturated carbocycles. The second-order valence-electron chi connectivity index (χ2n) is 5.38. The molecule has 96 valence electrons. The van der Waals surface area contributed by atoms with Crippen molar-refractivity contribution in [2.75, 3.05) is 19.6 Å². The lowest BCUT2D eigenvalue weighted by molar-refractivity contribution is 0.476. The van der Waals surface area contributed by atoms with E-state index < -0.39 is 0 Å². The Bertz CT molecular complexity index is 512. The van der Waals surface area contributed by atoms with Gasteiger partial charge in [-0.25, -0.2) is 0 Å². The molecule has 2 nitrogen and oxygen atoms in total. The van der Waals surface area contributed by atoms with Gasteiger partial charge in [0.2, 0.25) is 0 Å². The fourth-order valence-corrected chi connectivity index (χ4v) is 2.41. The van der Waals surface area contributed by atoms with E-state index in [9.17, 15) is 0 Å². The van der Waals surface area contributed by atoms with E-state index >= 15 is 0 Å². The summed E-state index contributed by atoms with van der Waals surface area (Å²) in [7, 11) is 0. The fraction of sp³-hybridized carbons (Fsp3) is 0.375. The van der Waals surface area contributed by atoms with Crippen molar-refractivity contribution in [1.29, 1.82) is 0 Å². The Morgan fingerprint density at radius 2 is 1.78 bits per heavy atom. The van der Waals surface area contributed by atoms with Gasteiger partial charge in [-0.1, -0.05) is 56.3 Å². The van der Waals surface area contributed by atoms with Crippen LogP contribution in [-0.4, -0.2) is 19.6 Å². The maximum atomic E-state index is 5.52. The van der Waals surface area contributed by atoms with Gasteiger partial charge in [-0.05, 0) is 16.3 Å². The molecule has 2 heteroatoms. The molecule has 0 amide bonds. The van der Waals surface area contributed by atoms with Crippen molar-refractivity contribution < 1.29 is 0 Å². The molecule has 0 fully saturated rings. The Morgan fingerprint density at radius 3 is 2.56 bits per heavy atom. The van der Waals surface area contributed by atoms with Crippen molar-refractivity contribution in [3.8, 4) is 0 Å². The molecule has 0 unspecified atom stereocenters. The summed E-state index contributed by atoms with van der Waals surface area (Å²) in [5.74, 6) is 0. The standard InChI is InChI=1S/C16H22N2/c1-16(2,12-18-11-10-17)15-9-5-7-13-6-3-4-8-14(13)15/h3-9,18H,10-12,17H2,1-2H3. The smallest absolute Gasteiger partial charge is 0.00748 e. The van der Waals surface area contributed by atoms with E-state index in [1.54, 1.807) is 0 Å². The van der Waals surface area contributed by atoms with E-state index in [0.717, 1.165) is 13.1 Å². The Labute approximate surface area is 109 Å². The molecule has 0 radical (unpaired) electrons. The summed E-state index contributed by atoms with van der Waals surface area (Å²) in [6.07, 6.45) is 0. The van der Waals surface area contributed by atoms with E-state index in [0.29, 0.717) is 6.54 Å². The predicted octanol–water partition coefficient (Wildman–Crippen LogP) is 2.67. The zero-order chi connectivity index (χ0) is 13.0. The molecule has 3 N–H and O–H groups in total. The normalized spacial score (nSPS) is 11.9. The maximum Gasteiger partial charge on any atom is 0.00748 e. The summed E-state index contributed by atoms with van der Waals surface area (Å²) in [5, 5.41) is 6.07. The molecule has 2 rings (SSSR count). The molecule has 0 aliphatic heterocycles. The highest BCUT2D eigenvalue weighted by Gasteiger charge is 2.21. The molecule has 0 heterocycles. The number of benzene rings is 2. The van der Waals surface area contributed by atoms with Crippen molar-refractivity contribution in [3.63, 3.8) is 0 Å². The molecular weight excluding hydrogens is 220 g/mol. The van der Waals surface area contributed by atoms with Crippen molar-refractivity contribution in [1.82, 2.24) is 5.32 Å². The first-order chi connectivity index (χ1) is 8.65. The number of hydrogen-bond acceptors (Lipinski definition) is 2. The molecule has 0 bridgehead atoms. The second kappa shape index (κ2) is 5.51. The largest absolute Gasteiger partial charge is 0.329 e. The van der Waals surface area contributed by atoms with Crippen molar-refractivity contribution in [2.24, 2.45) is 5.73 Å². The Balaban J connectivity index is 2.34. The zero-order valence-corrected chi connectivity index (χ0v) is 11.2. The van der Waals surface area contributed by atoms with Gasteiger partial charge in [0, 0.05) is 25.0 Å². The van der Waals surface area contributed by atoms with Crippen LogP contribution in [0.4, 0.5) is 0 Å². The third kappa shape index (κ3) is 2.71. The van der Waals surface area contributed by atoms with Crippen LogP contribution in [0.2, 0.25) is 0 Å². The molecule has 0 aliphatic carbocycles. The van der Waals surface area contributed by atoms with Crippen LogP contribution in [0, 0.1) is 0 Å². The average molecular weight is 242 g/mol. The Hall–Kier alpha value is -1.38. The topological polar surface area (TPSA) is 38.0 Å². The van der Waals surface area contributed by atoms with Gasteiger partial charge in [0.25, 0.3) is 0 Å². The lowest BCUT2D eigenvalue weighted by Crippen LogP contribution is -2.35. The van der Waals surface area contributed by atoms with Crippen LogP contribution >= 0.6 is 0 Å². The zero-order valence-electron chi connectivity index (χ0n) is 11.2. The van der Waals surface area contributed by atoms with Crippen LogP contribution in [0.3, 0.4) is 0 Å². The first-order valence-corrected chi connectivity index (χ1v) is 6.54. The minimum Gasteiger partial charge on any atom is -0.329 e. The third-order valence-corrected chi connectivity index (χ3v) is 3.41. The SMILES string of the molecule is CC(C)(CNCCN)c1cccc2ccccc12. The molecule has 2 aromatic carbocycles. The third-order valence-electron chi connectivity index (χ3n) is 3.41. The van der Waals surface area contributed by atoms with Crippen LogP contribution in [0.15, 0.2) is 42.5 Å². The highest BCUT2D eigenvalue weighted by Crippen LogP contribution is 2.29. The molecule has 0 atom stereocenters. The fourth-order valence-electron chi connectivity index (χ4n) is 2.41. The number of nitrogens with one attached hydrogen (secondary N) is 1. The molecule has 18 heavy (non-hydrogen) atoms. The molecule has 0 saturated heterocycles. The number of rotatable bonds is 5. The summed E-state index contributed by atoms with van der Waals surface area (Å²) in [5.41, 5.74) is 7.03. The highest BCUT2D eigenvalue weighted by atomic mass is 14.9. The van der Waals surface area contributed by atoms with Crippen LogP contribution in [-0.2, 0) is 5.41 Å². The van der Waals surface area contributed by atoms with Gasteiger partial charge >= 0.3 is 0 Å². The van der Waals surface area contributed by atoms with Gasteiger partial charge in [-0.3, -0.25) is 0 Å². The van der Waals surface area contributed by atoms with Gasteiger partial charge in [0.05, 0.1) is 0 Å². The van der Waals surface area contributed by atoms with Gasteiger partial charge in [0.15, 0.2) is 0 Å². The molecule has 0 aromatic heterocycles. The summed E-state index contributed by atoms with van der Waals surface area (Å²) < 4.78 is 0. The quantitative estimate of drug-likeness (QED) is 0.791. The van der Waals surface area contributed by atoms with Crippen LogP contribution in [0.5, 0.6) is 0 Å². The van der Waals surface area contributed by atoms with E-state index in [1.807, 2.05) is 0 Å². The van der Waals surface area contributed by atoms with Gasteiger partial charge in [0.1, 0.15) is 0 Å². The summed E-state index contributed by atoms with van der Waals surface area (Å²) in [6.45, 7) is 7.05. The van der Waals surface area contributed by atoms with Crippen molar-refractivity contribution in [2.45, 2.75) is 19.3 Å². The maximum absolute atomic E-state index is 5.52. The monoisotopic (exact) mass is 242 g/mol. The number of fused-ring (bicyclic) bond motifs is 1. The van der Waals surface area contributed by atoms with Gasteiger partial charge < -0.3 is 11.1 Å². The van der Waals surface area contributed by atoms with E-state index in [1.165, 1.54) is 16.3 Å². The highest BCUT2D eigenvalue weighted by molar-refractivity contribution is 5.86. The predicted molar refractivity (Wildman–Crippen MR) is 78.9 cm³/mol. The average Bonchev–Trinajstić information content (AvgIpc) is 2.38. The van der Waals surface area contributed by atoms with Crippen LogP contribution < -0.4 is 11.1 Å². The lowest BCUT2D eigenvalue weighted by Gasteiger charge is -2.27. The van der Waals surface area contributed by atoms with E-state index in [4.69, 9.17) is 5.73 Å². The lowest BCUT2D eigenvalue weighted by atomic mass is 9.81. The van der Waals surface area contributed by atoms with Crippen LogP contribution in [0.25, 0.3) is 10.8 Å². The minimum atomic E-state index is 0.107. The molecular formula is C16H22N2. The van der Waals surface area contributed by atoms with E-state index in [2.05, 4.69) is 61.6 Å². The molecule has 0 aliphatic rings.